The molecule has 21 heavy (non-hydrogen) atoms. The van der Waals surface area contributed by atoms with Crippen LogP contribution in [0, 0.1) is 0 Å². The molecule has 1 aliphatic heterocycles. The molecule has 0 radical (unpaired) electrons. The first kappa shape index (κ1) is 15.9. The number of rotatable bonds is 6. The van der Waals surface area contributed by atoms with Crippen LogP contribution in [0.1, 0.15) is 32.3 Å². The van der Waals surface area contributed by atoms with Gasteiger partial charge in [-0.2, -0.15) is 0 Å². The Morgan fingerprint density at radius 3 is 2.62 bits per heavy atom. The molecule has 0 bridgehead atoms. The van der Waals surface area contributed by atoms with E-state index in [9.17, 15) is 4.79 Å². The van der Waals surface area contributed by atoms with E-state index in [-0.39, 0.29) is 18.6 Å². The highest BCUT2D eigenvalue weighted by molar-refractivity contribution is 5.67. The number of carboxylic acid groups (broad SMARTS) is 1. The van der Waals surface area contributed by atoms with Crippen LogP contribution >= 0.6 is 0 Å². The van der Waals surface area contributed by atoms with Gasteiger partial charge in [0.15, 0.2) is 5.79 Å². The van der Waals surface area contributed by atoms with Crippen molar-refractivity contribution in [2.75, 3.05) is 6.61 Å². The standard InChI is InChI=1S/C16H22O5/c1-16(2)20-13(9-15(17)18)8-14(21-16)11-19-10-12-6-4-3-5-7-12/h3-7,13-14H,8-11H2,1-2H3,(H,17,18). The van der Waals surface area contributed by atoms with Crippen LogP contribution in [0.2, 0.25) is 0 Å². The Bertz CT molecular complexity index is 457. The van der Waals surface area contributed by atoms with Crippen LogP contribution < -0.4 is 0 Å². The zero-order valence-corrected chi connectivity index (χ0v) is 12.5. The molecule has 1 aliphatic rings. The lowest BCUT2D eigenvalue weighted by molar-refractivity contribution is -0.305. The summed E-state index contributed by atoms with van der Waals surface area (Å²) in [5.41, 5.74) is 1.10. The van der Waals surface area contributed by atoms with Crippen LogP contribution in [0.3, 0.4) is 0 Å². The predicted octanol–water partition coefficient (Wildman–Crippen LogP) is 2.59. The van der Waals surface area contributed by atoms with Gasteiger partial charge in [-0.25, -0.2) is 0 Å². The van der Waals surface area contributed by atoms with Gasteiger partial charge < -0.3 is 19.3 Å². The van der Waals surface area contributed by atoms with Gasteiger partial charge in [-0.1, -0.05) is 30.3 Å². The average molecular weight is 294 g/mol. The van der Waals surface area contributed by atoms with Gasteiger partial charge in [0.25, 0.3) is 0 Å². The Labute approximate surface area is 124 Å². The van der Waals surface area contributed by atoms with E-state index >= 15 is 0 Å². The number of carbonyl (C=O) groups is 1. The zero-order valence-electron chi connectivity index (χ0n) is 12.5. The van der Waals surface area contributed by atoms with Crippen molar-refractivity contribution in [2.45, 2.75) is 51.3 Å². The second-order valence-corrected chi connectivity index (χ2v) is 5.71. The normalized spacial score (nSPS) is 24.7. The van der Waals surface area contributed by atoms with Gasteiger partial charge in [0.05, 0.1) is 31.8 Å². The second-order valence-electron chi connectivity index (χ2n) is 5.71. The maximum Gasteiger partial charge on any atom is 0.305 e. The first-order valence-electron chi connectivity index (χ1n) is 7.14. The summed E-state index contributed by atoms with van der Waals surface area (Å²) in [6, 6.07) is 9.90. The SMILES string of the molecule is CC1(C)OC(COCc2ccccc2)CC(CC(=O)O)O1. The van der Waals surface area contributed by atoms with E-state index in [2.05, 4.69) is 0 Å². The van der Waals surface area contributed by atoms with Gasteiger partial charge in [-0.3, -0.25) is 4.79 Å². The van der Waals surface area contributed by atoms with Crippen molar-refractivity contribution in [1.82, 2.24) is 0 Å². The van der Waals surface area contributed by atoms with Crippen molar-refractivity contribution < 1.29 is 24.1 Å². The molecule has 1 aromatic rings. The Morgan fingerprint density at radius 2 is 1.95 bits per heavy atom. The van der Waals surface area contributed by atoms with Gasteiger partial charge in [-0.05, 0) is 19.4 Å². The molecular formula is C16H22O5. The monoisotopic (exact) mass is 294 g/mol. The Kier molecular flexibility index (Phi) is 5.33. The molecule has 2 atom stereocenters. The van der Waals surface area contributed by atoms with Crippen molar-refractivity contribution in [3.05, 3.63) is 35.9 Å². The van der Waals surface area contributed by atoms with E-state index in [4.69, 9.17) is 19.3 Å². The Balaban J connectivity index is 1.82. The minimum absolute atomic E-state index is 0.0119. The summed E-state index contributed by atoms with van der Waals surface area (Å²) in [5, 5.41) is 8.89. The highest BCUT2D eigenvalue weighted by atomic mass is 16.7. The van der Waals surface area contributed by atoms with E-state index < -0.39 is 11.8 Å². The molecule has 5 nitrogen and oxygen atoms in total. The Hall–Kier alpha value is -1.43. The van der Waals surface area contributed by atoms with Crippen molar-refractivity contribution in [3.8, 4) is 0 Å². The molecule has 116 valence electrons. The van der Waals surface area contributed by atoms with Gasteiger partial charge in [0.2, 0.25) is 0 Å². The van der Waals surface area contributed by atoms with E-state index in [1.165, 1.54) is 0 Å². The molecule has 0 spiro atoms. The maximum absolute atomic E-state index is 10.8. The predicted molar refractivity (Wildman–Crippen MR) is 76.8 cm³/mol. The van der Waals surface area contributed by atoms with Gasteiger partial charge in [0.1, 0.15) is 0 Å². The van der Waals surface area contributed by atoms with Gasteiger partial charge in [-0.15, -0.1) is 0 Å². The molecule has 2 rings (SSSR count). The third-order valence-electron chi connectivity index (χ3n) is 3.24. The molecule has 1 N–H and O–H groups in total. The summed E-state index contributed by atoms with van der Waals surface area (Å²) in [5.74, 6) is -1.64. The molecule has 2 unspecified atom stereocenters. The lowest BCUT2D eigenvalue weighted by Gasteiger charge is -2.40. The number of ether oxygens (including phenoxy) is 3. The van der Waals surface area contributed by atoms with E-state index in [0.29, 0.717) is 19.6 Å². The molecule has 0 aromatic heterocycles. The molecule has 1 heterocycles. The van der Waals surface area contributed by atoms with Crippen LogP contribution in [0.15, 0.2) is 30.3 Å². The van der Waals surface area contributed by atoms with Crippen molar-refractivity contribution in [3.63, 3.8) is 0 Å². The first-order chi connectivity index (χ1) is 9.94. The number of carboxylic acids is 1. The minimum atomic E-state index is -0.860. The van der Waals surface area contributed by atoms with E-state index in [0.717, 1.165) is 5.56 Å². The van der Waals surface area contributed by atoms with E-state index in [1.54, 1.807) is 13.8 Å². The topological polar surface area (TPSA) is 65.0 Å². The van der Waals surface area contributed by atoms with E-state index in [1.807, 2.05) is 30.3 Å². The summed E-state index contributed by atoms with van der Waals surface area (Å²) in [6.07, 6.45) is 0.0327. The Morgan fingerprint density at radius 1 is 1.29 bits per heavy atom. The third kappa shape index (κ3) is 5.46. The summed E-state index contributed by atoms with van der Waals surface area (Å²) in [4.78, 5) is 10.8. The average Bonchev–Trinajstić information content (AvgIpc) is 2.37. The first-order valence-corrected chi connectivity index (χ1v) is 7.14. The lowest BCUT2D eigenvalue weighted by Crippen LogP contribution is -2.46. The molecule has 0 saturated carbocycles. The molecule has 1 fully saturated rings. The van der Waals surface area contributed by atoms with Crippen LogP contribution in [0.5, 0.6) is 0 Å². The van der Waals surface area contributed by atoms with Crippen LogP contribution in [-0.2, 0) is 25.6 Å². The highest BCUT2D eigenvalue weighted by Crippen LogP contribution is 2.28. The van der Waals surface area contributed by atoms with Gasteiger partial charge in [0, 0.05) is 6.42 Å². The fourth-order valence-electron chi connectivity index (χ4n) is 2.52. The number of hydrogen-bond acceptors (Lipinski definition) is 4. The molecule has 0 amide bonds. The van der Waals surface area contributed by atoms with Crippen LogP contribution in [-0.4, -0.2) is 35.7 Å². The van der Waals surface area contributed by atoms with Gasteiger partial charge >= 0.3 is 5.97 Å². The fourth-order valence-corrected chi connectivity index (χ4v) is 2.52. The van der Waals surface area contributed by atoms with Crippen molar-refractivity contribution >= 4 is 5.97 Å². The molecule has 1 saturated heterocycles. The molecule has 1 aromatic carbocycles. The summed E-state index contributed by atoms with van der Waals surface area (Å²) in [7, 11) is 0. The number of hydrogen-bond donors (Lipinski definition) is 1. The third-order valence-corrected chi connectivity index (χ3v) is 3.24. The quantitative estimate of drug-likeness (QED) is 0.873. The van der Waals surface area contributed by atoms with Crippen molar-refractivity contribution in [1.29, 1.82) is 0 Å². The number of aliphatic carboxylic acids is 1. The highest BCUT2D eigenvalue weighted by Gasteiger charge is 2.36. The number of benzene rings is 1. The largest absolute Gasteiger partial charge is 0.481 e. The molecular weight excluding hydrogens is 272 g/mol. The molecule has 0 aliphatic carbocycles. The summed E-state index contributed by atoms with van der Waals surface area (Å²) >= 11 is 0. The lowest BCUT2D eigenvalue weighted by atomic mass is 10.1. The summed E-state index contributed by atoms with van der Waals surface area (Å²) in [6.45, 7) is 4.54. The van der Waals surface area contributed by atoms with Crippen LogP contribution in [0.4, 0.5) is 0 Å². The second kappa shape index (κ2) is 7.02. The zero-order chi connectivity index (χ0) is 15.3. The summed E-state index contributed by atoms with van der Waals surface area (Å²) < 4.78 is 17.1. The minimum Gasteiger partial charge on any atom is -0.481 e. The van der Waals surface area contributed by atoms with Crippen LogP contribution in [0.25, 0.3) is 0 Å². The molecule has 5 heteroatoms. The maximum atomic E-state index is 10.8. The fraction of sp³-hybridized carbons (Fsp3) is 0.562. The van der Waals surface area contributed by atoms with Crippen molar-refractivity contribution in [2.24, 2.45) is 0 Å². The smallest absolute Gasteiger partial charge is 0.305 e.